The highest BCUT2D eigenvalue weighted by molar-refractivity contribution is 6.00. The van der Waals surface area contributed by atoms with Gasteiger partial charge >= 0.3 is 0 Å². The number of aliphatic hydroxyl groups excluding tert-OH is 1. The number of aliphatic hydroxyl groups is 1. The molecule has 1 aromatic carbocycles. The van der Waals surface area contributed by atoms with Crippen molar-refractivity contribution >= 4 is 35.7 Å². The van der Waals surface area contributed by atoms with Crippen LogP contribution >= 0.6 is 0 Å². The highest BCUT2D eigenvalue weighted by Gasteiger charge is 2.44. The number of carbonyl (C=O) groups excluding carboxylic acids is 6. The Morgan fingerprint density at radius 2 is 1.88 bits per heavy atom. The largest absolute Gasteiger partial charge is 0.392 e. The fourth-order valence-electron chi connectivity index (χ4n) is 4.13. The predicted molar refractivity (Wildman–Crippen MR) is 118 cm³/mol. The van der Waals surface area contributed by atoms with Crippen LogP contribution in [0.1, 0.15) is 54.9 Å². The van der Waals surface area contributed by atoms with Gasteiger partial charge in [-0.1, -0.05) is 12.1 Å². The van der Waals surface area contributed by atoms with E-state index in [2.05, 4.69) is 10.6 Å². The number of rotatable bonds is 8. The smallest absolute Gasteiger partial charge is 0.264 e. The van der Waals surface area contributed by atoms with E-state index in [-0.39, 0.29) is 56.1 Å². The number of hydrazine groups is 1. The van der Waals surface area contributed by atoms with Gasteiger partial charge in [0.2, 0.25) is 11.8 Å². The molecule has 0 unspecified atom stereocenters. The molecule has 2 aliphatic rings. The van der Waals surface area contributed by atoms with Crippen LogP contribution in [0, 0.1) is 0 Å². The van der Waals surface area contributed by atoms with E-state index >= 15 is 0 Å². The number of nitrogens with one attached hydrogen (secondary N) is 2. The van der Waals surface area contributed by atoms with E-state index in [4.69, 9.17) is 5.11 Å². The maximum Gasteiger partial charge on any atom is 0.264 e. The molecule has 2 aliphatic heterocycles. The number of amides is 4. The molecular formula is C23H28N4O7. The summed E-state index contributed by atoms with van der Waals surface area (Å²) in [6.07, 6.45) is 1.09. The minimum atomic E-state index is -1.05. The molecule has 0 aromatic heterocycles. The zero-order valence-electron chi connectivity index (χ0n) is 18.9. The van der Waals surface area contributed by atoms with Gasteiger partial charge in [-0.05, 0) is 43.9 Å². The fraction of sp³-hybridized carbons (Fsp3) is 0.478. The van der Waals surface area contributed by atoms with Gasteiger partial charge in [-0.25, -0.2) is 5.01 Å². The Morgan fingerprint density at radius 3 is 2.50 bits per heavy atom. The lowest BCUT2D eigenvalue weighted by molar-refractivity contribution is -0.176. The van der Waals surface area contributed by atoms with E-state index in [1.54, 1.807) is 12.1 Å². The van der Waals surface area contributed by atoms with E-state index in [1.165, 1.54) is 24.1 Å². The first-order chi connectivity index (χ1) is 16.2. The van der Waals surface area contributed by atoms with Gasteiger partial charge in [-0.3, -0.25) is 29.0 Å². The average Bonchev–Trinajstić information content (AvgIpc) is 2.95. The normalized spacial score (nSPS) is 21.2. The van der Waals surface area contributed by atoms with Crippen LogP contribution in [-0.2, 0) is 30.6 Å². The van der Waals surface area contributed by atoms with Crippen molar-refractivity contribution < 1.29 is 33.9 Å². The SMILES string of the molecule is CC(=O)C[C@@H](C=O)NC(=O)[C@@H]1CCCN2C(=O)CC[C@H](NC(=O)c3ccc(CO)cc3)C(=O)N12. The minimum Gasteiger partial charge on any atom is -0.392 e. The summed E-state index contributed by atoms with van der Waals surface area (Å²) in [4.78, 5) is 74.5. The summed E-state index contributed by atoms with van der Waals surface area (Å²) < 4.78 is 0. The van der Waals surface area contributed by atoms with Crippen LogP contribution in [0.15, 0.2) is 24.3 Å². The van der Waals surface area contributed by atoms with Gasteiger partial charge in [0.1, 0.15) is 24.2 Å². The molecule has 11 heteroatoms. The lowest BCUT2D eigenvalue weighted by atomic mass is 10.0. The third-order valence-electron chi connectivity index (χ3n) is 5.87. The number of nitrogens with zero attached hydrogens (tertiary/aromatic N) is 2. The number of hydrogen-bond acceptors (Lipinski definition) is 7. The van der Waals surface area contributed by atoms with Crippen molar-refractivity contribution in [2.24, 2.45) is 0 Å². The number of benzene rings is 1. The van der Waals surface area contributed by atoms with Gasteiger partial charge in [-0.2, -0.15) is 0 Å². The topological polar surface area (TPSA) is 153 Å². The van der Waals surface area contributed by atoms with Gasteiger partial charge in [0, 0.05) is 24.9 Å². The predicted octanol–water partition coefficient (Wildman–Crippen LogP) is -0.531. The third kappa shape index (κ3) is 5.66. The van der Waals surface area contributed by atoms with E-state index in [1.807, 2.05) is 0 Å². The number of hydrogen-bond donors (Lipinski definition) is 3. The van der Waals surface area contributed by atoms with Crippen LogP contribution < -0.4 is 10.6 Å². The maximum absolute atomic E-state index is 13.4. The van der Waals surface area contributed by atoms with Gasteiger partial charge < -0.3 is 20.5 Å². The number of fused-ring (bicyclic) bond motifs is 1. The molecule has 0 saturated carbocycles. The third-order valence-corrected chi connectivity index (χ3v) is 5.87. The summed E-state index contributed by atoms with van der Waals surface area (Å²) in [5.74, 6) is -2.38. The summed E-state index contributed by atoms with van der Waals surface area (Å²) in [7, 11) is 0. The molecular weight excluding hydrogens is 444 g/mol. The molecule has 2 heterocycles. The molecule has 3 rings (SSSR count). The molecule has 1 aromatic rings. The molecule has 2 saturated heterocycles. The van der Waals surface area contributed by atoms with Crippen LogP contribution in [0.4, 0.5) is 0 Å². The van der Waals surface area contributed by atoms with E-state index < -0.39 is 35.8 Å². The molecule has 0 bridgehead atoms. The average molecular weight is 472 g/mol. The molecule has 4 amide bonds. The summed E-state index contributed by atoms with van der Waals surface area (Å²) >= 11 is 0. The Hall–Kier alpha value is -3.60. The Morgan fingerprint density at radius 1 is 1.18 bits per heavy atom. The molecule has 3 atom stereocenters. The van der Waals surface area contributed by atoms with Gasteiger partial charge in [0.05, 0.1) is 12.6 Å². The first-order valence-corrected chi connectivity index (χ1v) is 11.1. The lowest BCUT2D eigenvalue weighted by Gasteiger charge is -2.43. The summed E-state index contributed by atoms with van der Waals surface area (Å²) in [5, 5.41) is 16.6. The maximum atomic E-state index is 13.4. The molecule has 34 heavy (non-hydrogen) atoms. The summed E-state index contributed by atoms with van der Waals surface area (Å²) in [6.45, 7) is 1.38. The summed E-state index contributed by atoms with van der Waals surface area (Å²) in [5.41, 5.74) is 0.910. The van der Waals surface area contributed by atoms with Crippen molar-refractivity contribution in [1.82, 2.24) is 20.7 Å². The highest BCUT2D eigenvalue weighted by Crippen LogP contribution is 2.25. The zero-order chi connectivity index (χ0) is 24.8. The second-order valence-electron chi connectivity index (χ2n) is 8.43. The van der Waals surface area contributed by atoms with Crippen molar-refractivity contribution in [3.8, 4) is 0 Å². The van der Waals surface area contributed by atoms with Gasteiger partial charge in [-0.15, -0.1) is 0 Å². The molecule has 11 nitrogen and oxygen atoms in total. The zero-order valence-corrected chi connectivity index (χ0v) is 18.9. The molecule has 0 radical (unpaired) electrons. The van der Waals surface area contributed by atoms with Crippen molar-refractivity contribution in [3.05, 3.63) is 35.4 Å². The highest BCUT2D eigenvalue weighted by atomic mass is 16.3. The monoisotopic (exact) mass is 472 g/mol. The van der Waals surface area contributed by atoms with E-state index in [9.17, 15) is 28.8 Å². The van der Waals surface area contributed by atoms with Crippen molar-refractivity contribution in [2.75, 3.05) is 6.54 Å². The molecule has 3 N–H and O–H groups in total. The second kappa shape index (κ2) is 11.0. The molecule has 182 valence electrons. The van der Waals surface area contributed by atoms with Crippen molar-refractivity contribution in [3.63, 3.8) is 0 Å². The Bertz CT molecular complexity index is 978. The first-order valence-electron chi connectivity index (χ1n) is 11.1. The van der Waals surface area contributed by atoms with Crippen LogP contribution in [-0.4, -0.2) is 75.5 Å². The first kappa shape index (κ1) is 25.0. The van der Waals surface area contributed by atoms with Crippen LogP contribution in [0.3, 0.4) is 0 Å². The minimum absolute atomic E-state index is 0.00623. The molecule has 0 aliphatic carbocycles. The molecule has 0 spiro atoms. The van der Waals surface area contributed by atoms with E-state index in [0.29, 0.717) is 18.3 Å². The summed E-state index contributed by atoms with van der Waals surface area (Å²) in [6, 6.07) is 3.09. The number of ketones is 1. The van der Waals surface area contributed by atoms with Crippen LogP contribution in [0.5, 0.6) is 0 Å². The quantitative estimate of drug-likeness (QED) is 0.430. The Kier molecular flexibility index (Phi) is 8.11. The standard InChI is InChI=1S/C23H28N4O7/c1-14(30)11-17(13-29)24-22(33)19-3-2-10-26-20(31)9-8-18(23(34)27(19)26)25-21(32)16-6-4-15(12-28)5-7-16/h4-7,13,17-19,28H,2-3,8-12H2,1H3,(H,24,33)(H,25,32)/t17-,18-,19-/m0/s1. The lowest BCUT2D eigenvalue weighted by Crippen LogP contribution is -2.64. The fourth-order valence-corrected chi connectivity index (χ4v) is 4.13. The number of Topliss-reactive ketones (excluding diaryl/α,β-unsaturated/α-hetero) is 1. The Labute approximate surface area is 196 Å². The van der Waals surface area contributed by atoms with Crippen molar-refractivity contribution in [2.45, 2.75) is 63.8 Å². The number of carbonyl (C=O) groups is 6. The Balaban J connectivity index is 1.79. The van der Waals surface area contributed by atoms with Gasteiger partial charge in [0.25, 0.3) is 11.8 Å². The van der Waals surface area contributed by atoms with Crippen molar-refractivity contribution in [1.29, 1.82) is 0 Å². The van der Waals surface area contributed by atoms with Crippen LogP contribution in [0.25, 0.3) is 0 Å². The van der Waals surface area contributed by atoms with Gasteiger partial charge in [0.15, 0.2) is 0 Å². The number of aldehydes is 1. The molecule has 2 fully saturated rings. The second-order valence-corrected chi connectivity index (χ2v) is 8.43. The van der Waals surface area contributed by atoms with E-state index in [0.717, 1.165) is 5.01 Å². The van der Waals surface area contributed by atoms with Crippen LogP contribution in [0.2, 0.25) is 0 Å².